The van der Waals surface area contributed by atoms with Crippen LogP contribution >= 0.6 is 11.6 Å². The highest BCUT2D eigenvalue weighted by atomic mass is 35.5. The number of carbonyl (C=O) groups is 1. The summed E-state index contributed by atoms with van der Waals surface area (Å²) in [5.74, 6) is -0.0219. The number of pyridine rings is 2. The fourth-order valence-corrected chi connectivity index (χ4v) is 4.06. The van der Waals surface area contributed by atoms with E-state index < -0.39 is 23.9 Å². The zero-order chi connectivity index (χ0) is 24.5. The van der Waals surface area contributed by atoms with Crippen molar-refractivity contribution in [3.05, 3.63) is 64.7 Å². The number of amides is 1. The minimum Gasteiger partial charge on any atom is -0.471 e. The van der Waals surface area contributed by atoms with E-state index in [1.807, 2.05) is 13.8 Å². The van der Waals surface area contributed by atoms with Crippen LogP contribution in [0, 0.1) is 6.92 Å². The molecule has 11 heteroatoms. The first-order valence-electron chi connectivity index (χ1n) is 10.6. The van der Waals surface area contributed by atoms with Crippen LogP contribution in [-0.2, 0) is 6.18 Å². The summed E-state index contributed by atoms with van der Waals surface area (Å²) in [7, 11) is 0. The fourth-order valence-electron chi connectivity index (χ4n) is 3.85. The number of aryl methyl sites for hydroxylation is 1. The molecule has 0 spiro atoms. The van der Waals surface area contributed by atoms with Crippen LogP contribution < -0.4 is 4.74 Å². The summed E-state index contributed by atoms with van der Waals surface area (Å²) < 4.78 is 44.6. The van der Waals surface area contributed by atoms with Crippen molar-refractivity contribution in [2.45, 2.75) is 45.0 Å². The highest BCUT2D eigenvalue weighted by Crippen LogP contribution is 2.34. The lowest BCUT2D eigenvalue weighted by Crippen LogP contribution is -2.51. The third kappa shape index (κ3) is 4.96. The lowest BCUT2D eigenvalue weighted by Gasteiger charge is -2.39. The normalized spacial score (nSPS) is 18.6. The monoisotopic (exact) mass is 491 g/mol. The van der Waals surface area contributed by atoms with Gasteiger partial charge >= 0.3 is 6.18 Å². The van der Waals surface area contributed by atoms with Crippen LogP contribution in [0.5, 0.6) is 5.88 Å². The largest absolute Gasteiger partial charge is 0.471 e. The van der Waals surface area contributed by atoms with Gasteiger partial charge in [-0.15, -0.1) is 0 Å². The van der Waals surface area contributed by atoms with Crippen molar-refractivity contribution in [2.24, 2.45) is 0 Å². The predicted molar refractivity (Wildman–Crippen MR) is 118 cm³/mol. The van der Waals surface area contributed by atoms with Gasteiger partial charge in [-0.3, -0.25) is 9.78 Å². The number of alkyl halides is 3. The van der Waals surface area contributed by atoms with E-state index in [0.717, 1.165) is 11.6 Å². The lowest BCUT2D eigenvalue weighted by molar-refractivity contribution is -0.137. The number of carbonyl (C=O) groups excluding carboxylic acids is 1. The number of likely N-dealkylation sites (tertiary alicyclic amines) is 1. The Morgan fingerprint density at radius 2 is 1.88 bits per heavy atom. The van der Waals surface area contributed by atoms with Crippen LogP contribution in [0.15, 0.2) is 43.0 Å². The Bertz CT molecular complexity index is 1190. The number of piperidine rings is 1. The average molecular weight is 492 g/mol. The molecule has 0 saturated carbocycles. The Kier molecular flexibility index (Phi) is 6.70. The number of ether oxygens (including phenoxy) is 1. The van der Waals surface area contributed by atoms with E-state index >= 15 is 0 Å². The Morgan fingerprint density at radius 1 is 1.15 bits per heavy atom. The Labute approximate surface area is 199 Å². The minimum atomic E-state index is -4.56. The van der Waals surface area contributed by atoms with E-state index in [0.29, 0.717) is 42.7 Å². The summed E-state index contributed by atoms with van der Waals surface area (Å²) in [4.78, 5) is 31.8. The summed E-state index contributed by atoms with van der Waals surface area (Å²) in [6, 6.07) is 3.80. The summed E-state index contributed by atoms with van der Waals surface area (Å²) >= 11 is 6.01. The van der Waals surface area contributed by atoms with Gasteiger partial charge < -0.3 is 9.64 Å². The van der Waals surface area contributed by atoms with Crippen molar-refractivity contribution < 1.29 is 22.7 Å². The van der Waals surface area contributed by atoms with Gasteiger partial charge in [-0.25, -0.2) is 15.0 Å². The Hall–Kier alpha value is -3.27. The minimum absolute atomic E-state index is 0.101. The molecule has 1 aliphatic rings. The zero-order valence-electron chi connectivity index (χ0n) is 18.4. The first kappa shape index (κ1) is 23.9. The molecular weight excluding hydrogens is 471 g/mol. The number of hydrogen-bond donors (Lipinski definition) is 0. The fraction of sp³-hybridized carbons (Fsp3) is 0.348. The maximum atomic E-state index is 13.6. The molecule has 0 N–H and O–H groups in total. The van der Waals surface area contributed by atoms with E-state index in [2.05, 4.69) is 19.9 Å². The van der Waals surface area contributed by atoms with Crippen molar-refractivity contribution in [3.8, 4) is 17.4 Å². The van der Waals surface area contributed by atoms with Gasteiger partial charge in [0.1, 0.15) is 16.8 Å². The maximum Gasteiger partial charge on any atom is 0.417 e. The Morgan fingerprint density at radius 3 is 2.56 bits per heavy atom. The van der Waals surface area contributed by atoms with E-state index in [1.54, 1.807) is 35.6 Å². The number of halogens is 4. The molecule has 2 unspecified atom stereocenters. The first-order valence-corrected chi connectivity index (χ1v) is 11.0. The van der Waals surface area contributed by atoms with Gasteiger partial charge in [-0.2, -0.15) is 13.2 Å². The highest BCUT2D eigenvalue weighted by Gasteiger charge is 2.36. The number of nitrogens with zero attached hydrogens (tertiary/aromatic N) is 5. The van der Waals surface area contributed by atoms with E-state index in [9.17, 15) is 18.0 Å². The van der Waals surface area contributed by atoms with Crippen molar-refractivity contribution in [2.75, 3.05) is 6.54 Å². The molecule has 3 aromatic heterocycles. The van der Waals surface area contributed by atoms with Crippen LogP contribution in [0.2, 0.25) is 5.02 Å². The SMILES string of the molecule is Cc1cnc(-c2ncccn2)c(C(=O)N2CCCC(Oc3ncc(C(F)(F)F)cc3Cl)C2C)c1. The van der Waals surface area contributed by atoms with E-state index in [1.165, 1.54) is 0 Å². The molecule has 0 aliphatic carbocycles. The molecule has 1 saturated heterocycles. The number of hydrogen-bond acceptors (Lipinski definition) is 6. The van der Waals surface area contributed by atoms with Gasteiger partial charge in [-0.1, -0.05) is 11.6 Å². The van der Waals surface area contributed by atoms with E-state index in [4.69, 9.17) is 16.3 Å². The van der Waals surface area contributed by atoms with Gasteiger partial charge in [0.2, 0.25) is 5.88 Å². The van der Waals surface area contributed by atoms with Crippen molar-refractivity contribution in [1.29, 1.82) is 0 Å². The first-order chi connectivity index (χ1) is 16.1. The topological polar surface area (TPSA) is 81.1 Å². The maximum absolute atomic E-state index is 13.6. The molecule has 7 nitrogen and oxygen atoms in total. The molecule has 0 bridgehead atoms. The molecule has 1 amide bonds. The van der Waals surface area contributed by atoms with Gasteiger partial charge in [0.15, 0.2) is 5.82 Å². The summed E-state index contributed by atoms with van der Waals surface area (Å²) in [6.07, 6.45) is 1.64. The highest BCUT2D eigenvalue weighted by molar-refractivity contribution is 6.31. The zero-order valence-corrected chi connectivity index (χ0v) is 19.1. The van der Waals surface area contributed by atoms with Gasteiger partial charge in [0.25, 0.3) is 5.91 Å². The summed E-state index contributed by atoms with van der Waals surface area (Å²) in [6.45, 7) is 4.14. The molecule has 1 aliphatic heterocycles. The molecule has 2 atom stereocenters. The summed E-state index contributed by atoms with van der Waals surface area (Å²) in [5, 5.41) is -0.239. The summed E-state index contributed by atoms with van der Waals surface area (Å²) in [5.41, 5.74) is 0.588. The quantitative estimate of drug-likeness (QED) is 0.511. The standard InChI is InChI=1S/C23H21ClF3N5O2/c1-13-9-16(19(30-11-13)20-28-6-4-7-29-20)22(33)32-8-3-5-18(14(32)2)34-21-17(24)10-15(12-31-21)23(25,26)27/h4,6-7,9-12,14,18H,3,5,8H2,1-2H3. The second-order valence-electron chi connectivity index (χ2n) is 8.03. The molecule has 0 aromatic carbocycles. The van der Waals surface area contributed by atoms with Gasteiger partial charge in [-0.05, 0) is 50.5 Å². The third-order valence-corrected chi connectivity index (χ3v) is 5.88. The molecule has 4 heterocycles. The van der Waals surface area contributed by atoms with Crippen LogP contribution in [-0.4, -0.2) is 49.4 Å². The van der Waals surface area contributed by atoms with Gasteiger partial charge in [0.05, 0.1) is 17.2 Å². The van der Waals surface area contributed by atoms with Crippen LogP contribution in [0.25, 0.3) is 11.5 Å². The van der Waals surface area contributed by atoms with Crippen LogP contribution in [0.4, 0.5) is 13.2 Å². The van der Waals surface area contributed by atoms with Gasteiger partial charge in [0, 0.05) is 31.3 Å². The molecule has 1 fully saturated rings. The average Bonchev–Trinajstić information content (AvgIpc) is 2.81. The van der Waals surface area contributed by atoms with Crippen molar-refractivity contribution >= 4 is 17.5 Å². The van der Waals surface area contributed by atoms with Crippen LogP contribution in [0.1, 0.15) is 41.3 Å². The molecule has 34 heavy (non-hydrogen) atoms. The smallest absolute Gasteiger partial charge is 0.417 e. The second-order valence-corrected chi connectivity index (χ2v) is 8.43. The molecule has 178 valence electrons. The lowest BCUT2D eigenvalue weighted by atomic mass is 9.98. The molecule has 4 rings (SSSR count). The van der Waals surface area contributed by atoms with E-state index in [-0.39, 0.29) is 16.8 Å². The molecule has 0 radical (unpaired) electrons. The predicted octanol–water partition coefficient (Wildman–Crippen LogP) is 4.99. The molecular formula is C23H21ClF3N5O2. The Balaban J connectivity index is 1.58. The number of rotatable bonds is 4. The van der Waals surface area contributed by atoms with Crippen molar-refractivity contribution in [3.63, 3.8) is 0 Å². The third-order valence-electron chi connectivity index (χ3n) is 5.61. The second kappa shape index (κ2) is 9.54. The molecule has 3 aromatic rings. The number of aromatic nitrogens is 4. The van der Waals surface area contributed by atoms with Crippen molar-refractivity contribution in [1.82, 2.24) is 24.8 Å². The van der Waals surface area contributed by atoms with Crippen LogP contribution in [0.3, 0.4) is 0 Å².